The predicted octanol–water partition coefficient (Wildman–Crippen LogP) is 2.53. The molecule has 0 fully saturated rings. The minimum Gasteiger partial charge on any atom is -0.325 e. The van der Waals surface area contributed by atoms with Crippen molar-refractivity contribution in [2.45, 2.75) is 12.3 Å². The average Bonchev–Trinajstić information content (AvgIpc) is 2.11. The van der Waals surface area contributed by atoms with Crippen LogP contribution >= 0.6 is 11.6 Å². The Kier molecular flexibility index (Phi) is 3.41. The molecule has 0 saturated carbocycles. The molecule has 2 nitrogen and oxygen atoms in total. The van der Waals surface area contributed by atoms with Crippen LogP contribution in [-0.4, -0.2) is 11.3 Å². The van der Waals surface area contributed by atoms with Crippen molar-refractivity contribution in [2.75, 3.05) is 5.32 Å². The SMILES string of the molecule is C[C@H](Cl)C(=O)Nc1ccc(F)c(F)c1. The molecule has 0 aliphatic heterocycles. The third-order valence-electron chi connectivity index (χ3n) is 1.55. The Morgan fingerprint density at radius 1 is 1.43 bits per heavy atom. The molecule has 1 aromatic rings. The Hall–Kier alpha value is -1.16. The number of hydrogen-bond donors (Lipinski definition) is 1. The minimum absolute atomic E-state index is 0.182. The summed E-state index contributed by atoms with van der Waals surface area (Å²) in [4.78, 5) is 11.0. The van der Waals surface area contributed by atoms with Crippen molar-refractivity contribution in [3.8, 4) is 0 Å². The zero-order valence-electron chi connectivity index (χ0n) is 7.35. The molecule has 1 aromatic carbocycles. The van der Waals surface area contributed by atoms with Crippen molar-refractivity contribution in [3.05, 3.63) is 29.8 Å². The standard InChI is InChI=1S/C9H8ClF2NO/c1-5(10)9(14)13-6-2-3-7(11)8(12)4-6/h2-5H,1H3,(H,13,14)/t5-/m0/s1. The van der Waals surface area contributed by atoms with Gasteiger partial charge in [0.15, 0.2) is 11.6 Å². The van der Waals surface area contributed by atoms with E-state index in [1.54, 1.807) is 0 Å². The van der Waals surface area contributed by atoms with Crippen LogP contribution in [0.3, 0.4) is 0 Å². The first kappa shape index (κ1) is 10.9. The van der Waals surface area contributed by atoms with Crippen LogP contribution in [-0.2, 0) is 4.79 Å². The van der Waals surface area contributed by atoms with E-state index >= 15 is 0 Å². The first-order valence-corrected chi connectivity index (χ1v) is 4.34. The van der Waals surface area contributed by atoms with E-state index in [9.17, 15) is 13.6 Å². The summed E-state index contributed by atoms with van der Waals surface area (Å²) in [5.74, 6) is -2.43. The smallest absolute Gasteiger partial charge is 0.242 e. The maximum absolute atomic E-state index is 12.7. The van der Waals surface area contributed by atoms with E-state index in [4.69, 9.17) is 11.6 Å². The molecule has 14 heavy (non-hydrogen) atoms. The molecule has 0 bridgehead atoms. The van der Waals surface area contributed by atoms with Crippen LogP contribution in [0.2, 0.25) is 0 Å². The van der Waals surface area contributed by atoms with Crippen molar-refractivity contribution in [1.82, 2.24) is 0 Å². The number of benzene rings is 1. The van der Waals surface area contributed by atoms with Crippen molar-refractivity contribution in [3.63, 3.8) is 0 Å². The molecular weight excluding hydrogens is 212 g/mol. The molecule has 1 N–H and O–H groups in total. The van der Waals surface area contributed by atoms with Gasteiger partial charge in [-0.3, -0.25) is 4.79 Å². The van der Waals surface area contributed by atoms with Crippen LogP contribution in [0.1, 0.15) is 6.92 Å². The molecule has 0 heterocycles. The van der Waals surface area contributed by atoms with E-state index in [2.05, 4.69) is 5.32 Å². The molecule has 1 amide bonds. The lowest BCUT2D eigenvalue weighted by Gasteiger charge is -2.06. The van der Waals surface area contributed by atoms with Gasteiger partial charge in [-0.15, -0.1) is 11.6 Å². The zero-order chi connectivity index (χ0) is 10.7. The second-order valence-corrected chi connectivity index (χ2v) is 3.39. The van der Waals surface area contributed by atoms with Gasteiger partial charge in [0.1, 0.15) is 5.38 Å². The predicted molar refractivity (Wildman–Crippen MR) is 50.3 cm³/mol. The van der Waals surface area contributed by atoms with E-state index in [1.807, 2.05) is 0 Å². The second kappa shape index (κ2) is 4.37. The van der Waals surface area contributed by atoms with Gasteiger partial charge in [-0.05, 0) is 19.1 Å². The number of anilines is 1. The normalized spacial score (nSPS) is 12.3. The second-order valence-electron chi connectivity index (χ2n) is 2.73. The summed E-state index contributed by atoms with van der Waals surface area (Å²) in [6.07, 6.45) is 0. The van der Waals surface area contributed by atoms with Gasteiger partial charge in [-0.25, -0.2) is 8.78 Å². The lowest BCUT2D eigenvalue weighted by Crippen LogP contribution is -2.20. The minimum atomic E-state index is -1.01. The van der Waals surface area contributed by atoms with Crippen molar-refractivity contribution in [1.29, 1.82) is 0 Å². The molecule has 1 rings (SSSR count). The van der Waals surface area contributed by atoms with Crippen LogP contribution in [0.4, 0.5) is 14.5 Å². The fraction of sp³-hybridized carbons (Fsp3) is 0.222. The summed E-state index contributed by atoms with van der Waals surface area (Å²) in [5.41, 5.74) is 0.182. The van der Waals surface area contributed by atoms with E-state index in [-0.39, 0.29) is 5.69 Å². The molecule has 0 saturated heterocycles. The first-order valence-electron chi connectivity index (χ1n) is 3.90. The first-order chi connectivity index (χ1) is 6.50. The maximum atomic E-state index is 12.7. The Bertz CT molecular complexity index is 355. The van der Waals surface area contributed by atoms with Crippen LogP contribution < -0.4 is 5.32 Å². The largest absolute Gasteiger partial charge is 0.325 e. The number of hydrogen-bond acceptors (Lipinski definition) is 1. The highest BCUT2D eigenvalue weighted by molar-refractivity contribution is 6.32. The van der Waals surface area contributed by atoms with Crippen molar-refractivity contribution >= 4 is 23.2 Å². The van der Waals surface area contributed by atoms with E-state index in [0.717, 1.165) is 12.1 Å². The molecule has 0 aliphatic carbocycles. The summed E-state index contributed by atoms with van der Waals surface area (Å²) in [5, 5.41) is 1.61. The topological polar surface area (TPSA) is 29.1 Å². The number of nitrogens with one attached hydrogen (secondary N) is 1. The fourth-order valence-electron chi connectivity index (χ4n) is 0.816. The van der Waals surface area contributed by atoms with Gasteiger partial charge in [0.25, 0.3) is 0 Å². The Labute approximate surface area is 84.9 Å². The number of halogens is 3. The summed E-state index contributed by atoms with van der Waals surface area (Å²) >= 11 is 5.47. The summed E-state index contributed by atoms with van der Waals surface area (Å²) in [7, 11) is 0. The summed E-state index contributed by atoms with van der Waals surface area (Å²) in [6, 6.07) is 3.09. The fourth-order valence-corrected chi connectivity index (χ4v) is 0.870. The van der Waals surface area contributed by atoms with Crippen molar-refractivity contribution < 1.29 is 13.6 Å². The van der Waals surface area contributed by atoms with Crippen LogP contribution in [0.15, 0.2) is 18.2 Å². The van der Waals surface area contributed by atoms with Gasteiger partial charge >= 0.3 is 0 Å². The molecule has 76 valence electrons. The number of alkyl halides is 1. The van der Waals surface area contributed by atoms with Crippen LogP contribution in [0.5, 0.6) is 0 Å². The highest BCUT2D eigenvalue weighted by Crippen LogP contribution is 2.13. The third-order valence-corrected chi connectivity index (χ3v) is 1.75. The Balaban J connectivity index is 2.78. The Morgan fingerprint density at radius 3 is 2.57 bits per heavy atom. The summed E-state index contributed by atoms with van der Waals surface area (Å²) < 4.78 is 25.2. The number of carbonyl (C=O) groups excluding carboxylic acids is 1. The van der Waals surface area contributed by atoms with Gasteiger partial charge in [0, 0.05) is 11.8 Å². The molecule has 0 aliphatic rings. The van der Waals surface area contributed by atoms with Gasteiger partial charge in [0.05, 0.1) is 0 Å². The van der Waals surface area contributed by atoms with E-state index < -0.39 is 22.9 Å². The molecule has 5 heteroatoms. The maximum Gasteiger partial charge on any atom is 0.242 e. The Morgan fingerprint density at radius 2 is 2.07 bits per heavy atom. The van der Waals surface area contributed by atoms with Gasteiger partial charge in [-0.2, -0.15) is 0 Å². The zero-order valence-corrected chi connectivity index (χ0v) is 8.11. The molecule has 0 aromatic heterocycles. The highest BCUT2D eigenvalue weighted by atomic mass is 35.5. The third kappa shape index (κ3) is 2.67. The highest BCUT2D eigenvalue weighted by Gasteiger charge is 2.10. The number of amides is 1. The van der Waals surface area contributed by atoms with Crippen molar-refractivity contribution in [2.24, 2.45) is 0 Å². The quantitative estimate of drug-likeness (QED) is 0.761. The van der Waals surface area contributed by atoms with Crippen LogP contribution in [0.25, 0.3) is 0 Å². The number of rotatable bonds is 2. The average molecular weight is 220 g/mol. The molecule has 1 atom stereocenters. The van der Waals surface area contributed by atoms with E-state index in [0.29, 0.717) is 0 Å². The summed E-state index contributed by atoms with van der Waals surface area (Å²) in [6.45, 7) is 1.48. The molecule has 0 spiro atoms. The van der Waals surface area contributed by atoms with Gasteiger partial charge in [0.2, 0.25) is 5.91 Å². The lowest BCUT2D eigenvalue weighted by atomic mass is 10.3. The molecular formula is C9H8ClF2NO. The molecule has 0 radical (unpaired) electrons. The van der Waals surface area contributed by atoms with Gasteiger partial charge < -0.3 is 5.32 Å². The van der Waals surface area contributed by atoms with Gasteiger partial charge in [-0.1, -0.05) is 0 Å². The molecule has 0 unspecified atom stereocenters. The monoisotopic (exact) mass is 219 g/mol. The number of carbonyl (C=O) groups is 1. The lowest BCUT2D eigenvalue weighted by molar-refractivity contribution is -0.115. The van der Waals surface area contributed by atoms with Crippen LogP contribution in [0, 0.1) is 11.6 Å². The van der Waals surface area contributed by atoms with E-state index in [1.165, 1.54) is 13.0 Å².